The van der Waals surface area contributed by atoms with Gasteiger partial charge in [0.15, 0.2) is 5.76 Å². The van der Waals surface area contributed by atoms with Crippen molar-refractivity contribution in [3.63, 3.8) is 0 Å². The number of pyridine rings is 1. The van der Waals surface area contributed by atoms with Crippen LogP contribution in [0.2, 0.25) is 0 Å². The molecule has 2 aliphatic heterocycles. The number of nitrogens with zero attached hydrogens (tertiary/aromatic N) is 2. The quantitative estimate of drug-likeness (QED) is 0.694. The molecule has 1 aromatic heterocycles. The summed E-state index contributed by atoms with van der Waals surface area (Å²) in [6, 6.07) is 14.4. The van der Waals surface area contributed by atoms with Crippen LogP contribution in [0.1, 0.15) is 15.9 Å². The Labute approximate surface area is 161 Å². The summed E-state index contributed by atoms with van der Waals surface area (Å²) < 4.78 is 11.2. The molecule has 2 aromatic carbocycles. The lowest BCUT2D eigenvalue weighted by Crippen LogP contribution is -2.37. The smallest absolute Gasteiger partial charge is 0.231 e. The van der Waals surface area contributed by atoms with Gasteiger partial charge in [0.1, 0.15) is 17.3 Å². The van der Waals surface area contributed by atoms with Gasteiger partial charge in [-0.2, -0.15) is 0 Å². The molecule has 3 aromatic rings. The number of para-hydroxylation sites is 1. The largest absolute Gasteiger partial charge is 0.508 e. The number of phenols is 1. The maximum Gasteiger partial charge on any atom is 0.231 e. The second-order valence-electron chi connectivity index (χ2n) is 6.81. The van der Waals surface area contributed by atoms with Gasteiger partial charge in [-0.1, -0.05) is 18.2 Å². The molecule has 2 aliphatic rings. The number of aromatic nitrogens is 1. The minimum atomic E-state index is -0.198. The van der Waals surface area contributed by atoms with Crippen molar-refractivity contribution in [2.75, 3.05) is 31.2 Å². The van der Waals surface area contributed by atoms with Gasteiger partial charge in [-0.3, -0.25) is 4.79 Å². The lowest BCUT2D eigenvalue weighted by Gasteiger charge is -2.29. The zero-order valence-corrected chi connectivity index (χ0v) is 15.1. The molecular weight excluding hydrogens is 356 g/mol. The molecule has 1 fully saturated rings. The van der Waals surface area contributed by atoms with E-state index in [4.69, 9.17) is 14.5 Å². The number of benzene rings is 2. The Bertz CT molecular complexity index is 1120. The number of ketones is 1. The SMILES string of the molecule is O=C1C(=Cc2cc3ccccc3nc2N2CCOCC2)Oc2cc(O)ccc21. The number of hydrogen-bond acceptors (Lipinski definition) is 6. The lowest BCUT2D eigenvalue weighted by molar-refractivity contribution is 0.101. The highest BCUT2D eigenvalue weighted by atomic mass is 16.5. The molecule has 0 bridgehead atoms. The van der Waals surface area contributed by atoms with E-state index in [0.29, 0.717) is 24.5 Å². The summed E-state index contributed by atoms with van der Waals surface area (Å²) in [5, 5.41) is 10.6. The molecule has 1 saturated heterocycles. The van der Waals surface area contributed by atoms with Crippen molar-refractivity contribution in [3.05, 3.63) is 65.4 Å². The van der Waals surface area contributed by atoms with Crippen LogP contribution in [0.15, 0.2) is 54.3 Å². The van der Waals surface area contributed by atoms with E-state index in [9.17, 15) is 9.90 Å². The average Bonchev–Trinajstić information content (AvgIpc) is 3.02. The van der Waals surface area contributed by atoms with Crippen LogP contribution in [0.3, 0.4) is 0 Å². The van der Waals surface area contributed by atoms with Gasteiger partial charge in [-0.25, -0.2) is 4.98 Å². The topological polar surface area (TPSA) is 71.9 Å². The number of anilines is 1. The highest BCUT2D eigenvalue weighted by molar-refractivity contribution is 6.14. The number of ether oxygens (including phenoxy) is 2. The second-order valence-corrected chi connectivity index (χ2v) is 6.81. The standard InChI is InChI=1S/C22H18N2O4/c25-16-5-6-17-19(13-16)28-20(21(17)26)12-15-11-14-3-1-2-4-18(14)23-22(15)24-7-9-27-10-8-24/h1-6,11-13,25H,7-10H2. The van der Waals surface area contributed by atoms with Crippen LogP contribution in [-0.2, 0) is 4.74 Å². The van der Waals surface area contributed by atoms with E-state index < -0.39 is 0 Å². The monoisotopic (exact) mass is 374 g/mol. The molecule has 0 unspecified atom stereocenters. The molecule has 5 rings (SSSR count). The fourth-order valence-electron chi connectivity index (χ4n) is 3.57. The number of Topliss-reactive ketones (excluding diaryl/α,β-unsaturated/α-hetero) is 1. The van der Waals surface area contributed by atoms with Gasteiger partial charge < -0.3 is 19.5 Å². The number of phenolic OH excluding ortho intramolecular Hbond substituents is 1. The number of allylic oxidation sites excluding steroid dienone is 1. The minimum Gasteiger partial charge on any atom is -0.508 e. The molecule has 3 heterocycles. The van der Waals surface area contributed by atoms with Gasteiger partial charge in [0.2, 0.25) is 5.78 Å². The zero-order chi connectivity index (χ0) is 19.1. The Morgan fingerprint density at radius 1 is 1.07 bits per heavy atom. The van der Waals surface area contributed by atoms with E-state index in [1.54, 1.807) is 12.1 Å². The van der Waals surface area contributed by atoms with Gasteiger partial charge in [-0.15, -0.1) is 0 Å². The maximum atomic E-state index is 12.7. The highest BCUT2D eigenvalue weighted by Gasteiger charge is 2.28. The van der Waals surface area contributed by atoms with Crippen molar-refractivity contribution in [1.82, 2.24) is 4.98 Å². The van der Waals surface area contributed by atoms with E-state index in [0.717, 1.165) is 35.4 Å². The number of morpholine rings is 1. The number of aromatic hydroxyl groups is 1. The summed E-state index contributed by atoms with van der Waals surface area (Å²) in [5.41, 5.74) is 2.17. The molecule has 0 aliphatic carbocycles. The number of fused-ring (bicyclic) bond motifs is 2. The molecule has 0 spiro atoms. The van der Waals surface area contributed by atoms with E-state index in [1.807, 2.05) is 30.3 Å². The summed E-state index contributed by atoms with van der Waals surface area (Å²) in [6.07, 6.45) is 1.74. The third kappa shape index (κ3) is 2.88. The van der Waals surface area contributed by atoms with Crippen LogP contribution < -0.4 is 9.64 Å². The van der Waals surface area contributed by atoms with Gasteiger partial charge in [0.25, 0.3) is 0 Å². The normalized spacial score (nSPS) is 17.8. The number of hydrogen-bond donors (Lipinski definition) is 1. The molecule has 140 valence electrons. The molecule has 0 atom stereocenters. The Morgan fingerprint density at radius 3 is 2.75 bits per heavy atom. The van der Waals surface area contributed by atoms with Gasteiger partial charge in [0.05, 0.1) is 24.3 Å². The fraction of sp³-hybridized carbons (Fsp3) is 0.182. The molecular formula is C22H18N2O4. The molecule has 0 saturated carbocycles. The predicted molar refractivity (Wildman–Crippen MR) is 106 cm³/mol. The summed E-state index contributed by atoms with van der Waals surface area (Å²) in [7, 11) is 0. The Balaban J connectivity index is 1.61. The average molecular weight is 374 g/mol. The third-order valence-corrected chi connectivity index (χ3v) is 4.98. The number of carbonyl (C=O) groups is 1. The first-order valence-electron chi connectivity index (χ1n) is 9.19. The van der Waals surface area contributed by atoms with E-state index in [2.05, 4.69) is 4.90 Å². The molecule has 6 nitrogen and oxygen atoms in total. The predicted octanol–water partition coefficient (Wildman–Crippen LogP) is 3.39. The van der Waals surface area contributed by atoms with Crippen LogP contribution in [0.5, 0.6) is 11.5 Å². The summed E-state index contributed by atoms with van der Waals surface area (Å²) >= 11 is 0. The molecule has 6 heteroatoms. The van der Waals surface area contributed by atoms with Crippen LogP contribution >= 0.6 is 0 Å². The van der Waals surface area contributed by atoms with Gasteiger partial charge in [-0.05, 0) is 30.3 Å². The molecule has 0 radical (unpaired) electrons. The highest BCUT2D eigenvalue weighted by Crippen LogP contribution is 2.35. The van der Waals surface area contributed by atoms with Crippen molar-refractivity contribution in [2.24, 2.45) is 0 Å². The first kappa shape index (κ1) is 16.8. The Morgan fingerprint density at radius 2 is 1.89 bits per heavy atom. The van der Waals surface area contributed by atoms with E-state index >= 15 is 0 Å². The third-order valence-electron chi connectivity index (χ3n) is 4.98. The number of rotatable bonds is 2. The number of carbonyl (C=O) groups excluding carboxylic acids is 1. The Hall–Kier alpha value is -3.38. The molecule has 28 heavy (non-hydrogen) atoms. The summed E-state index contributed by atoms with van der Waals surface area (Å²) in [6.45, 7) is 2.77. The Kier molecular flexibility index (Phi) is 3.98. The van der Waals surface area contributed by atoms with Crippen LogP contribution in [0.25, 0.3) is 17.0 Å². The van der Waals surface area contributed by atoms with Crippen molar-refractivity contribution < 1.29 is 19.4 Å². The second kappa shape index (κ2) is 6.65. The minimum absolute atomic E-state index is 0.0641. The van der Waals surface area contributed by atoms with Crippen LogP contribution in [-0.4, -0.2) is 42.2 Å². The van der Waals surface area contributed by atoms with Crippen molar-refractivity contribution >= 4 is 28.6 Å². The van der Waals surface area contributed by atoms with Crippen LogP contribution in [0.4, 0.5) is 5.82 Å². The van der Waals surface area contributed by atoms with E-state index in [-0.39, 0.29) is 17.3 Å². The summed E-state index contributed by atoms with van der Waals surface area (Å²) in [4.78, 5) is 19.8. The maximum absolute atomic E-state index is 12.7. The fourth-order valence-corrected chi connectivity index (χ4v) is 3.57. The zero-order valence-electron chi connectivity index (χ0n) is 15.1. The first-order chi connectivity index (χ1) is 13.7. The van der Waals surface area contributed by atoms with Crippen molar-refractivity contribution in [3.8, 4) is 11.5 Å². The van der Waals surface area contributed by atoms with Gasteiger partial charge >= 0.3 is 0 Å². The van der Waals surface area contributed by atoms with Crippen molar-refractivity contribution in [2.45, 2.75) is 0 Å². The summed E-state index contributed by atoms with van der Waals surface area (Å²) in [5.74, 6) is 1.28. The molecule has 1 N–H and O–H groups in total. The van der Waals surface area contributed by atoms with Crippen molar-refractivity contribution in [1.29, 1.82) is 0 Å². The van der Waals surface area contributed by atoms with Crippen LogP contribution in [0, 0.1) is 0 Å². The lowest BCUT2D eigenvalue weighted by atomic mass is 10.1. The van der Waals surface area contributed by atoms with E-state index in [1.165, 1.54) is 12.1 Å². The van der Waals surface area contributed by atoms with Gasteiger partial charge in [0, 0.05) is 30.1 Å². The first-order valence-corrected chi connectivity index (χ1v) is 9.19. The molecule has 0 amide bonds.